The normalized spacial score (nSPS) is 15.4. The average Bonchev–Trinajstić information content (AvgIpc) is 2.69. The summed E-state index contributed by atoms with van der Waals surface area (Å²) < 4.78 is 5.67. The Bertz CT molecular complexity index is 367. The van der Waals surface area contributed by atoms with Crippen LogP contribution in [0.4, 0.5) is 0 Å². The van der Waals surface area contributed by atoms with E-state index in [4.69, 9.17) is 16.3 Å². The first-order valence-electron chi connectivity index (χ1n) is 12.5. The molecular weight excluding hydrogens is 481 g/mol. The van der Waals surface area contributed by atoms with Crippen LogP contribution in [0.3, 0.4) is 0 Å². The number of unbranched alkanes of at least 4 members (excludes halogenated alkanes) is 12. The van der Waals surface area contributed by atoms with E-state index < -0.39 is 5.69 Å². The summed E-state index contributed by atoms with van der Waals surface area (Å²) in [6.07, 6.45) is 21.1. The summed E-state index contributed by atoms with van der Waals surface area (Å²) in [5.41, 5.74) is -2.92. The van der Waals surface area contributed by atoms with E-state index in [-0.39, 0.29) is 19.5 Å². The summed E-state index contributed by atoms with van der Waals surface area (Å²) >= 11 is 6.66. The van der Waals surface area contributed by atoms with E-state index in [0.717, 1.165) is 12.2 Å². The van der Waals surface area contributed by atoms with E-state index in [1.165, 1.54) is 108 Å². The van der Waals surface area contributed by atoms with E-state index in [1.807, 2.05) is 0 Å². The monoisotopic (exact) mass is 529 g/mol. The Labute approximate surface area is 211 Å². The molecule has 0 aliphatic rings. The molecule has 0 fully saturated rings. The molecule has 0 radical (unpaired) electrons. The smallest absolute Gasteiger partial charge is 0.0539 e. The number of hydrogen-bond acceptors (Lipinski definition) is 4. The Hall–Kier alpha value is 1.54. The molecule has 0 N–H and O–H groups in total. The zero-order chi connectivity index (χ0) is 21.8. The van der Waals surface area contributed by atoms with Crippen molar-refractivity contribution >= 4 is 28.9 Å². The zero-order valence-electron chi connectivity index (χ0n) is 20.7. The summed E-state index contributed by atoms with van der Waals surface area (Å²) in [7, 11) is 0. The van der Waals surface area contributed by atoms with Crippen molar-refractivity contribution in [3.63, 3.8) is 0 Å². The summed E-state index contributed by atoms with van der Waals surface area (Å²) in [5.74, 6) is 1.89. The second-order valence-electron chi connectivity index (χ2n) is 9.07. The van der Waals surface area contributed by atoms with Gasteiger partial charge in [0.15, 0.2) is 0 Å². The van der Waals surface area contributed by atoms with Crippen molar-refractivity contribution in [2.75, 3.05) is 12.4 Å². The first-order valence-corrected chi connectivity index (χ1v) is 16.7. The van der Waals surface area contributed by atoms with Crippen LogP contribution in [-0.4, -0.2) is 12.4 Å². The molecule has 0 spiro atoms. The summed E-state index contributed by atoms with van der Waals surface area (Å²) in [6.45, 7) is 9.52. The third-order valence-corrected chi connectivity index (χ3v) is 10.1. The van der Waals surface area contributed by atoms with Crippen LogP contribution in [-0.2, 0) is 35.8 Å². The fourth-order valence-corrected chi connectivity index (χ4v) is 7.10. The van der Waals surface area contributed by atoms with Crippen LogP contribution in [0.5, 0.6) is 0 Å². The fourth-order valence-electron chi connectivity index (χ4n) is 3.54. The van der Waals surface area contributed by atoms with Crippen molar-refractivity contribution in [2.45, 2.75) is 130 Å². The first kappa shape index (κ1) is 33.7. The molecule has 0 rings (SSSR count). The molecule has 0 amide bonds. The Kier molecular flexibility index (Phi) is 26.6. The molecule has 0 aromatic heterocycles. The summed E-state index contributed by atoms with van der Waals surface area (Å²) in [6, 6.07) is 0. The SMILES string of the molecule is CCCCCCCCCC(C)COP([O-])(=S)SCC(C)CCCCCCCCC.[Zn]. The van der Waals surface area contributed by atoms with Crippen LogP contribution >= 0.6 is 17.1 Å². The maximum absolute atomic E-state index is 12.5. The van der Waals surface area contributed by atoms with Gasteiger partial charge in [0, 0.05) is 30.9 Å². The Balaban J connectivity index is 0. The van der Waals surface area contributed by atoms with Gasteiger partial charge < -0.3 is 9.42 Å². The Morgan fingerprint density at radius 1 is 0.733 bits per heavy atom. The minimum Gasteiger partial charge on any atom is -0.793 e. The molecule has 0 bridgehead atoms. The molecule has 0 aromatic carbocycles. The van der Waals surface area contributed by atoms with Crippen molar-refractivity contribution in [3.05, 3.63) is 0 Å². The van der Waals surface area contributed by atoms with E-state index in [1.54, 1.807) is 0 Å². The molecule has 0 aliphatic carbocycles. The third-order valence-electron chi connectivity index (χ3n) is 5.64. The molecular formula is C24H50O2PS2Zn-. The Morgan fingerprint density at radius 2 is 1.13 bits per heavy atom. The summed E-state index contributed by atoms with van der Waals surface area (Å²) in [5, 5.41) is 0. The second-order valence-corrected chi connectivity index (χ2v) is 15.2. The molecule has 6 heteroatoms. The van der Waals surface area contributed by atoms with Crippen LogP contribution in [0.15, 0.2) is 0 Å². The first-order chi connectivity index (χ1) is 13.9. The van der Waals surface area contributed by atoms with Crippen LogP contribution in [0.1, 0.15) is 130 Å². The molecule has 0 saturated carbocycles. The number of hydrogen-bond donors (Lipinski definition) is 0. The summed E-state index contributed by atoms with van der Waals surface area (Å²) in [4.78, 5) is 12.5. The number of rotatable bonds is 22. The Morgan fingerprint density at radius 3 is 1.60 bits per heavy atom. The largest absolute Gasteiger partial charge is 0.793 e. The fraction of sp³-hybridized carbons (Fsp3) is 1.00. The van der Waals surface area contributed by atoms with Crippen LogP contribution in [0.25, 0.3) is 0 Å². The van der Waals surface area contributed by atoms with E-state index in [2.05, 4.69) is 27.7 Å². The van der Waals surface area contributed by atoms with Gasteiger partial charge in [-0.15, -0.1) is 11.4 Å². The van der Waals surface area contributed by atoms with Gasteiger partial charge in [-0.25, -0.2) is 0 Å². The molecule has 3 atom stereocenters. The average molecular weight is 531 g/mol. The predicted octanol–water partition coefficient (Wildman–Crippen LogP) is 8.87. The van der Waals surface area contributed by atoms with Crippen molar-refractivity contribution in [1.29, 1.82) is 0 Å². The van der Waals surface area contributed by atoms with Crippen LogP contribution in [0.2, 0.25) is 0 Å². The molecule has 0 aliphatic heterocycles. The van der Waals surface area contributed by atoms with Gasteiger partial charge in [0.25, 0.3) is 0 Å². The van der Waals surface area contributed by atoms with E-state index in [9.17, 15) is 4.89 Å². The molecule has 0 saturated heterocycles. The van der Waals surface area contributed by atoms with Crippen molar-refractivity contribution in [3.8, 4) is 0 Å². The molecule has 0 aromatic rings. The van der Waals surface area contributed by atoms with Crippen molar-refractivity contribution < 1.29 is 28.9 Å². The van der Waals surface area contributed by atoms with Gasteiger partial charge in [-0.3, -0.25) is 0 Å². The topological polar surface area (TPSA) is 32.3 Å². The zero-order valence-corrected chi connectivity index (χ0v) is 26.2. The quantitative estimate of drug-likeness (QED) is 0.0794. The van der Waals surface area contributed by atoms with Crippen molar-refractivity contribution in [2.24, 2.45) is 11.8 Å². The van der Waals surface area contributed by atoms with Gasteiger partial charge in [0.1, 0.15) is 0 Å². The standard InChI is InChI=1S/C24H51O2PS2.Zn/c1-5-7-9-11-13-15-17-19-23(3)21-26-27(25,28)29-22-24(4)20-18-16-14-12-10-8-6-2;/h23-24H,5-22H2,1-4H3,(H,25,28);/p-1. The van der Waals surface area contributed by atoms with Gasteiger partial charge in [-0.1, -0.05) is 129 Å². The molecule has 0 heterocycles. The van der Waals surface area contributed by atoms with Gasteiger partial charge in [-0.05, 0) is 24.7 Å². The second kappa shape index (κ2) is 23.7. The van der Waals surface area contributed by atoms with Crippen LogP contribution < -0.4 is 4.89 Å². The predicted molar refractivity (Wildman–Crippen MR) is 136 cm³/mol. The van der Waals surface area contributed by atoms with Crippen LogP contribution in [0, 0.1) is 11.8 Å². The molecule has 2 nitrogen and oxygen atoms in total. The van der Waals surface area contributed by atoms with E-state index >= 15 is 0 Å². The van der Waals surface area contributed by atoms with Crippen molar-refractivity contribution in [1.82, 2.24) is 0 Å². The van der Waals surface area contributed by atoms with Gasteiger partial charge in [0.05, 0.1) is 6.61 Å². The molecule has 3 unspecified atom stereocenters. The molecule has 30 heavy (non-hydrogen) atoms. The maximum Gasteiger partial charge on any atom is 0.0539 e. The third kappa shape index (κ3) is 24.2. The molecule has 178 valence electrons. The van der Waals surface area contributed by atoms with Gasteiger partial charge >= 0.3 is 0 Å². The minimum absolute atomic E-state index is 0. The van der Waals surface area contributed by atoms with E-state index in [0.29, 0.717) is 18.4 Å². The maximum atomic E-state index is 12.5. The van der Waals surface area contributed by atoms with Gasteiger partial charge in [0.2, 0.25) is 0 Å². The van der Waals surface area contributed by atoms with Gasteiger partial charge in [-0.2, -0.15) is 0 Å². The minimum atomic E-state index is -2.92.